The van der Waals surface area contributed by atoms with E-state index in [4.69, 9.17) is 5.73 Å². The molecule has 1 heterocycles. The maximum Gasteiger partial charge on any atom is 0.244 e. The summed E-state index contributed by atoms with van der Waals surface area (Å²) in [4.78, 5) is 16.9. The molecule has 2 aromatic rings. The molecule has 0 saturated heterocycles. The summed E-state index contributed by atoms with van der Waals surface area (Å²) < 4.78 is 0.953. The van der Waals surface area contributed by atoms with E-state index in [1.807, 2.05) is 43.5 Å². The summed E-state index contributed by atoms with van der Waals surface area (Å²) in [6.45, 7) is 5.56. The van der Waals surface area contributed by atoms with Crippen LogP contribution in [0.4, 0.5) is 0 Å². The van der Waals surface area contributed by atoms with Crippen LogP contribution in [-0.2, 0) is 10.3 Å². The molecule has 2 unspecified atom stereocenters. The zero-order chi connectivity index (χ0) is 15.6. The van der Waals surface area contributed by atoms with Crippen LogP contribution in [-0.4, -0.2) is 10.9 Å². The number of carbonyl (C=O) groups excluding carboxylic acids is 1. The normalized spacial score (nSPS) is 14.0. The number of thiazole rings is 1. The third-order valence-electron chi connectivity index (χ3n) is 3.27. The third kappa shape index (κ3) is 5.43. The maximum atomic E-state index is 12.5. The van der Waals surface area contributed by atoms with E-state index >= 15 is 0 Å². The van der Waals surface area contributed by atoms with E-state index in [0.29, 0.717) is 0 Å². The van der Waals surface area contributed by atoms with Gasteiger partial charge in [0.25, 0.3) is 0 Å². The first-order valence-corrected chi connectivity index (χ1v) is 8.26. The first kappa shape index (κ1) is 22.3. The van der Waals surface area contributed by atoms with Crippen LogP contribution in [0.15, 0.2) is 34.1 Å². The molecule has 8 heteroatoms. The van der Waals surface area contributed by atoms with Crippen molar-refractivity contribution in [2.24, 2.45) is 5.73 Å². The lowest BCUT2D eigenvalue weighted by molar-refractivity contribution is -0.126. The van der Waals surface area contributed by atoms with Gasteiger partial charge in [-0.3, -0.25) is 4.79 Å². The van der Waals surface area contributed by atoms with E-state index in [2.05, 4.69) is 26.2 Å². The minimum absolute atomic E-state index is 0. The topological polar surface area (TPSA) is 68.0 Å². The van der Waals surface area contributed by atoms with Crippen molar-refractivity contribution in [1.82, 2.24) is 10.3 Å². The number of amides is 1. The third-order valence-corrected chi connectivity index (χ3v) is 4.94. The molecule has 23 heavy (non-hydrogen) atoms. The van der Waals surface area contributed by atoms with Gasteiger partial charge in [0.05, 0.1) is 6.04 Å². The van der Waals surface area contributed by atoms with Crippen LogP contribution >= 0.6 is 52.1 Å². The first-order valence-electron chi connectivity index (χ1n) is 6.58. The molecule has 0 aliphatic carbocycles. The second kappa shape index (κ2) is 8.99. The van der Waals surface area contributed by atoms with Crippen LogP contribution in [0.3, 0.4) is 0 Å². The van der Waals surface area contributed by atoms with Crippen LogP contribution < -0.4 is 11.1 Å². The molecule has 1 amide bonds. The number of nitrogens with zero attached hydrogens (tertiary/aromatic N) is 1. The molecular weight excluding hydrogens is 421 g/mol. The summed E-state index contributed by atoms with van der Waals surface area (Å²) in [6, 6.07) is 7.29. The smallest absolute Gasteiger partial charge is 0.244 e. The molecular formula is C15H20BrCl2N3OS. The summed E-state index contributed by atoms with van der Waals surface area (Å²) in [7, 11) is 0. The molecule has 0 saturated carbocycles. The van der Waals surface area contributed by atoms with Crippen LogP contribution in [0.5, 0.6) is 0 Å². The largest absolute Gasteiger partial charge is 0.345 e. The number of hydrogen-bond donors (Lipinski definition) is 2. The van der Waals surface area contributed by atoms with Crippen molar-refractivity contribution in [1.29, 1.82) is 0 Å². The molecule has 128 valence electrons. The Morgan fingerprint density at radius 1 is 1.35 bits per heavy atom. The van der Waals surface area contributed by atoms with Crippen molar-refractivity contribution < 1.29 is 4.79 Å². The Morgan fingerprint density at radius 2 is 1.91 bits per heavy atom. The molecule has 3 N–H and O–H groups in total. The van der Waals surface area contributed by atoms with Crippen molar-refractivity contribution in [3.8, 4) is 0 Å². The fraction of sp³-hybridized carbons (Fsp3) is 0.333. The zero-order valence-electron chi connectivity index (χ0n) is 13.0. The van der Waals surface area contributed by atoms with Crippen molar-refractivity contribution in [3.05, 3.63) is 50.4 Å². The van der Waals surface area contributed by atoms with E-state index in [0.717, 1.165) is 20.7 Å². The SMILES string of the molecule is Cc1csc(C(C)NC(=O)C(C)(N)c2ccc(Br)cc2)n1.Cl.Cl. The van der Waals surface area contributed by atoms with Gasteiger partial charge in [0.2, 0.25) is 5.91 Å². The number of benzene rings is 1. The number of nitrogens with two attached hydrogens (primary N) is 1. The number of carbonyl (C=O) groups is 1. The lowest BCUT2D eigenvalue weighted by atomic mass is 9.92. The number of halogens is 3. The van der Waals surface area contributed by atoms with E-state index in [1.165, 1.54) is 11.3 Å². The average Bonchev–Trinajstić information content (AvgIpc) is 2.86. The van der Waals surface area contributed by atoms with Gasteiger partial charge in [-0.25, -0.2) is 4.98 Å². The standard InChI is InChI=1S/C15H18BrN3OS.2ClH/c1-9-8-21-13(18-9)10(2)19-14(20)15(3,17)11-4-6-12(16)7-5-11;;/h4-8,10H,17H2,1-3H3,(H,19,20);2*1H. The summed E-state index contributed by atoms with van der Waals surface area (Å²) in [5, 5.41) is 5.78. The van der Waals surface area contributed by atoms with Crippen molar-refractivity contribution >= 4 is 58.0 Å². The molecule has 0 bridgehead atoms. The molecule has 0 spiro atoms. The molecule has 1 aromatic carbocycles. The molecule has 0 radical (unpaired) electrons. The summed E-state index contributed by atoms with van der Waals surface area (Å²) in [6.07, 6.45) is 0. The van der Waals surface area contributed by atoms with Crippen LogP contribution in [0.1, 0.15) is 36.2 Å². The Balaban J connectivity index is 0.00000242. The lowest BCUT2D eigenvalue weighted by Crippen LogP contribution is -2.49. The second-order valence-corrected chi connectivity index (χ2v) is 7.04. The van der Waals surface area contributed by atoms with E-state index in [9.17, 15) is 4.79 Å². The molecule has 1 aromatic heterocycles. The fourth-order valence-electron chi connectivity index (χ4n) is 1.91. The van der Waals surface area contributed by atoms with Crippen molar-refractivity contribution in [2.45, 2.75) is 32.4 Å². The van der Waals surface area contributed by atoms with Gasteiger partial charge in [-0.2, -0.15) is 0 Å². The van der Waals surface area contributed by atoms with E-state index in [-0.39, 0.29) is 36.8 Å². The van der Waals surface area contributed by atoms with Gasteiger partial charge in [-0.1, -0.05) is 28.1 Å². The van der Waals surface area contributed by atoms with Crippen LogP contribution in [0.2, 0.25) is 0 Å². The Hall–Kier alpha value is -0.660. The Kier molecular flexibility index (Phi) is 8.73. The molecule has 2 rings (SSSR count). The highest BCUT2D eigenvalue weighted by Crippen LogP contribution is 2.23. The maximum absolute atomic E-state index is 12.5. The predicted octanol–water partition coefficient (Wildman–Crippen LogP) is 4.11. The number of aromatic nitrogens is 1. The van der Waals surface area contributed by atoms with Gasteiger partial charge >= 0.3 is 0 Å². The number of hydrogen-bond acceptors (Lipinski definition) is 4. The first-order chi connectivity index (χ1) is 9.80. The Bertz CT molecular complexity index is 646. The Labute approximate surface area is 161 Å². The summed E-state index contributed by atoms with van der Waals surface area (Å²) in [5.41, 5.74) is 6.86. The monoisotopic (exact) mass is 439 g/mol. The van der Waals surface area contributed by atoms with Gasteiger partial charge in [0.15, 0.2) is 0 Å². The fourth-order valence-corrected chi connectivity index (χ4v) is 2.97. The minimum atomic E-state index is -1.08. The zero-order valence-corrected chi connectivity index (χ0v) is 17.0. The quantitative estimate of drug-likeness (QED) is 0.751. The predicted molar refractivity (Wildman–Crippen MR) is 104 cm³/mol. The van der Waals surface area contributed by atoms with Gasteiger partial charge in [0.1, 0.15) is 10.5 Å². The summed E-state index contributed by atoms with van der Waals surface area (Å²) in [5.74, 6) is -0.217. The average molecular weight is 441 g/mol. The number of aryl methyl sites for hydroxylation is 1. The molecule has 0 fully saturated rings. The van der Waals surface area contributed by atoms with Gasteiger partial charge in [0, 0.05) is 15.5 Å². The summed E-state index contributed by atoms with van der Waals surface area (Å²) >= 11 is 4.91. The molecule has 0 aliphatic heterocycles. The van der Waals surface area contributed by atoms with Gasteiger partial charge in [-0.15, -0.1) is 36.2 Å². The highest BCUT2D eigenvalue weighted by molar-refractivity contribution is 9.10. The lowest BCUT2D eigenvalue weighted by Gasteiger charge is -2.26. The Morgan fingerprint density at radius 3 is 2.39 bits per heavy atom. The number of nitrogens with one attached hydrogen (secondary N) is 1. The molecule has 0 aliphatic rings. The van der Waals surface area contributed by atoms with Gasteiger partial charge < -0.3 is 11.1 Å². The highest BCUT2D eigenvalue weighted by atomic mass is 79.9. The van der Waals surface area contributed by atoms with Crippen molar-refractivity contribution in [2.75, 3.05) is 0 Å². The second-order valence-electron chi connectivity index (χ2n) is 5.23. The molecule has 2 atom stereocenters. The van der Waals surface area contributed by atoms with Crippen molar-refractivity contribution in [3.63, 3.8) is 0 Å². The van der Waals surface area contributed by atoms with E-state index in [1.54, 1.807) is 6.92 Å². The minimum Gasteiger partial charge on any atom is -0.345 e. The van der Waals surface area contributed by atoms with E-state index < -0.39 is 5.54 Å². The molecule has 4 nitrogen and oxygen atoms in total. The highest BCUT2D eigenvalue weighted by Gasteiger charge is 2.31. The van der Waals surface area contributed by atoms with Crippen LogP contribution in [0, 0.1) is 6.92 Å². The number of rotatable bonds is 4. The van der Waals surface area contributed by atoms with Crippen LogP contribution in [0.25, 0.3) is 0 Å². The van der Waals surface area contributed by atoms with Gasteiger partial charge in [-0.05, 0) is 38.5 Å².